The average Bonchev–Trinajstić information content (AvgIpc) is 2.78. The third-order valence-electron chi connectivity index (χ3n) is 3.49. The first-order chi connectivity index (χ1) is 10.6. The lowest BCUT2D eigenvalue weighted by atomic mass is 10.1. The van der Waals surface area contributed by atoms with Crippen molar-refractivity contribution < 1.29 is 8.78 Å². The molecule has 0 saturated carbocycles. The number of rotatable bonds is 3. The summed E-state index contributed by atoms with van der Waals surface area (Å²) < 4.78 is 29.3. The minimum atomic E-state index is -0.641. The van der Waals surface area contributed by atoms with Gasteiger partial charge in [-0.3, -0.25) is 4.68 Å². The Kier molecular flexibility index (Phi) is 3.63. The summed E-state index contributed by atoms with van der Waals surface area (Å²) >= 11 is 0. The highest BCUT2D eigenvalue weighted by Crippen LogP contribution is 2.34. The third-order valence-corrected chi connectivity index (χ3v) is 3.49. The maximum Gasteiger partial charge on any atom is 0.149 e. The van der Waals surface area contributed by atoms with Crippen LogP contribution in [0, 0.1) is 18.6 Å². The SMILES string of the molecule is Cc1nn(C)c(Nc2c(F)cccc2F)c1-c1ccccc1. The number of aromatic nitrogens is 2. The zero-order valence-electron chi connectivity index (χ0n) is 12.3. The van der Waals surface area contributed by atoms with Gasteiger partial charge in [0.05, 0.1) is 5.69 Å². The highest BCUT2D eigenvalue weighted by atomic mass is 19.1. The molecule has 0 fully saturated rings. The largest absolute Gasteiger partial charge is 0.335 e. The van der Waals surface area contributed by atoms with Crippen LogP contribution in [0.5, 0.6) is 0 Å². The first kappa shape index (κ1) is 14.3. The van der Waals surface area contributed by atoms with Gasteiger partial charge in [-0.1, -0.05) is 36.4 Å². The van der Waals surface area contributed by atoms with Crippen LogP contribution in [0.4, 0.5) is 20.3 Å². The molecule has 0 atom stereocenters. The maximum absolute atomic E-state index is 13.9. The summed E-state index contributed by atoms with van der Waals surface area (Å²) in [7, 11) is 1.74. The summed E-state index contributed by atoms with van der Waals surface area (Å²) in [4.78, 5) is 0. The van der Waals surface area contributed by atoms with E-state index in [9.17, 15) is 8.78 Å². The number of hydrogen-bond acceptors (Lipinski definition) is 2. The summed E-state index contributed by atoms with van der Waals surface area (Å²) in [5.74, 6) is -0.733. The minimum Gasteiger partial charge on any atom is -0.335 e. The first-order valence-electron chi connectivity index (χ1n) is 6.88. The van der Waals surface area contributed by atoms with E-state index in [0.717, 1.165) is 16.8 Å². The molecule has 2 aromatic carbocycles. The van der Waals surface area contributed by atoms with Gasteiger partial charge in [0.1, 0.15) is 23.1 Å². The fourth-order valence-electron chi connectivity index (χ4n) is 2.49. The fourth-order valence-corrected chi connectivity index (χ4v) is 2.49. The summed E-state index contributed by atoms with van der Waals surface area (Å²) in [5.41, 5.74) is 2.37. The number of nitrogens with zero attached hydrogens (tertiary/aromatic N) is 2. The second-order valence-electron chi connectivity index (χ2n) is 5.02. The van der Waals surface area contributed by atoms with Gasteiger partial charge in [-0.05, 0) is 24.6 Å². The van der Waals surface area contributed by atoms with Gasteiger partial charge >= 0.3 is 0 Å². The van der Waals surface area contributed by atoms with E-state index in [2.05, 4.69) is 10.4 Å². The minimum absolute atomic E-state index is 0.178. The van der Waals surface area contributed by atoms with Crippen molar-refractivity contribution in [3.63, 3.8) is 0 Å². The average molecular weight is 299 g/mol. The lowest BCUT2D eigenvalue weighted by Gasteiger charge is -2.11. The van der Waals surface area contributed by atoms with E-state index in [-0.39, 0.29) is 5.69 Å². The Balaban J connectivity index is 2.12. The Morgan fingerprint density at radius 1 is 0.955 bits per heavy atom. The lowest BCUT2D eigenvalue weighted by Crippen LogP contribution is -2.03. The molecule has 0 amide bonds. The Hall–Kier alpha value is -2.69. The molecule has 112 valence electrons. The zero-order chi connectivity index (χ0) is 15.7. The van der Waals surface area contributed by atoms with E-state index in [1.54, 1.807) is 11.7 Å². The number of hydrogen-bond donors (Lipinski definition) is 1. The van der Waals surface area contributed by atoms with E-state index in [4.69, 9.17) is 0 Å². The maximum atomic E-state index is 13.9. The van der Waals surface area contributed by atoms with Crippen LogP contribution in [0.1, 0.15) is 5.69 Å². The third kappa shape index (κ3) is 2.45. The van der Waals surface area contributed by atoms with Crippen LogP contribution in [-0.4, -0.2) is 9.78 Å². The van der Waals surface area contributed by atoms with Crippen molar-refractivity contribution in [2.24, 2.45) is 7.05 Å². The Labute approximate surface area is 127 Å². The molecular formula is C17H15F2N3. The van der Waals surface area contributed by atoms with Crippen molar-refractivity contribution in [3.05, 3.63) is 65.9 Å². The highest BCUT2D eigenvalue weighted by Gasteiger charge is 2.18. The molecule has 22 heavy (non-hydrogen) atoms. The molecule has 0 aliphatic rings. The molecule has 3 rings (SSSR count). The lowest BCUT2D eigenvalue weighted by molar-refractivity contribution is 0.590. The molecule has 1 aromatic heterocycles. The van der Waals surface area contributed by atoms with Crippen LogP contribution in [0.2, 0.25) is 0 Å². The topological polar surface area (TPSA) is 29.9 Å². The number of aryl methyl sites for hydroxylation is 2. The second-order valence-corrected chi connectivity index (χ2v) is 5.02. The molecular weight excluding hydrogens is 284 g/mol. The second kappa shape index (κ2) is 5.60. The summed E-state index contributed by atoms with van der Waals surface area (Å²) in [6.45, 7) is 1.87. The zero-order valence-corrected chi connectivity index (χ0v) is 12.3. The number of para-hydroxylation sites is 1. The van der Waals surface area contributed by atoms with Crippen LogP contribution in [-0.2, 0) is 7.05 Å². The van der Waals surface area contributed by atoms with Gasteiger partial charge in [0.2, 0.25) is 0 Å². The number of nitrogens with one attached hydrogen (secondary N) is 1. The van der Waals surface area contributed by atoms with Gasteiger partial charge < -0.3 is 5.32 Å². The van der Waals surface area contributed by atoms with E-state index >= 15 is 0 Å². The van der Waals surface area contributed by atoms with Crippen LogP contribution >= 0.6 is 0 Å². The summed E-state index contributed by atoms with van der Waals surface area (Å²) in [6.07, 6.45) is 0. The molecule has 3 aromatic rings. The van der Waals surface area contributed by atoms with Gasteiger partial charge in [-0.25, -0.2) is 8.78 Å². The molecule has 0 aliphatic carbocycles. The van der Waals surface area contributed by atoms with E-state index in [1.807, 2.05) is 37.3 Å². The van der Waals surface area contributed by atoms with Crippen molar-refractivity contribution in [3.8, 4) is 11.1 Å². The van der Waals surface area contributed by atoms with E-state index < -0.39 is 11.6 Å². The molecule has 3 nitrogen and oxygen atoms in total. The molecule has 0 aliphatic heterocycles. The van der Waals surface area contributed by atoms with Crippen LogP contribution < -0.4 is 5.32 Å². The number of anilines is 2. The molecule has 0 radical (unpaired) electrons. The van der Waals surface area contributed by atoms with E-state index in [0.29, 0.717) is 5.82 Å². The van der Waals surface area contributed by atoms with Crippen molar-refractivity contribution in [1.82, 2.24) is 9.78 Å². The smallest absolute Gasteiger partial charge is 0.149 e. The summed E-state index contributed by atoms with van der Waals surface area (Å²) in [6, 6.07) is 13.4. The van der Waals surface area contributed by atoms with Gasteiger partial charge in [-0.15, -0.1) is 0 Å². The quantitative estimate of drug-likeness (QED) is 0.776. The highest BCUT2D eigenvalue weighted by molar-refractivity contribution is 5.80. The Morgan fingerprint density at radius 2 is 1.59 bits per heavy atom. The van der Waals surface area contributed by atoms with Crippen molar-refractivity contribution in [2.45, 2.75) is 6.92 Å². The predicted octanol–water partition coefficient (Wildman–Crippen LogP) is 4.42. The molecule has 0 unspecified atom stereocenters. The van der Waals surface area contributed by atoms with Crippen molar-refractivity contribution in [2.75, 3.05) is 5.32 Å². The molecule has 5 heteroatoms. The van der Waals surface area contributed by atoms with E-state index in [1.165, 1.54) is 18.2 Å². The van der Waals surface area contributed by atoms with Gasteiger partial charge in [0, 0.05) is 12.6 Å². The molecule has 0 saturated heterocycles. The Bertz CT molecular complexity index is 790. The van der Waals surface area contributed by atoms with Crippen molar-refractivity contribution in [1.29, 1.82) is 0 Å². The standard InChI is InChI=1S/C17H15F2N3/c1-11-15(12-7-4-3-5-8-12)17(22(2)21-11)20-16-13(18)9-6-10-14(16)19/h3-10,20H,1-2H3. The molecule has 1 heterocycles. The van der Waals surface area contributed by atoms with Crippen LogP contribution in [0.3, 0.4) is 0 Å². The normalized spacial score (nSPS) is 10.7. The van der Waals surface area contributed by atoms with Crippen LogP contribution in [0.25, 0.3) is 11.1 Å². The molecule has 1 N–H and O–H groups in total. The molecule has 0 spiro atoms. The van der Waals surface area contributed by atoms with Gasteiger partial charge in [0.25, 0.3) is 0 Å². The van der Waals surface area contributed by atoms with Crippen molar-refractivity contribution >= 4 is 11.5 Å². The Morgan fingerprint density at radius 3 is 2.23 bits per heavy atom. The fraction of sp³-hybridized carbons (Fsp3) is 0.118. The van der Waals surface area contributed by atoms with Gasteiger partial charge in [-0.2, -0.15) is 5.10 Å². The first-order valence-corrected chi connectivity index (χ1v) is 6.88. The van der Waals surface area contributed by atoms with Crippen LogP contribution in [0.15, 0.2) is 48.5 Å². The monoisotopic (exact) mass is 299 g/mol. The number of benzene rings is 2. The van der Waals surface area contributed by atoms with Gasteiger partial charge in [0.15, 0.2) is 0 Å². The summed E-state index contributed by atoms with van der Waals surface area (Å²) in [5, 5.41) is 7.20. The predicted molar refractivity (Wildman–Crippen MR) is 83.0 cm³/mol. The number of halogens is 2. The molecule has 0 bridgehead atoms.